The Kier molecular flexibility index (Phi) is 4.46. The number of hydrogen-bond acceptors (Lipinski definition) is 3. The molecule has 0 aromatic carbocycles. The monoisotopic (exact) mass is 360 g/mol. The molecule has 0 N–H and O–H groups in total. The fourth-order valence-electron chi connectivity index (χ4n) is 6.81. The predicted octanol–water partition coefficient (Wildman–Crippen LogP) is 5.56. The second-order valence-electron chi connectivity index (χ2n) is 9.33. The normalized spacial score (nSPS) is 43.7. The molecule has 5 unspecified atom stereocenters. The fraction of sp³-hybridized carbons (Fsp3) is 0.818. The number of thioether (sulfide) groups is 1. The van der Waals surface area contributed by atoms with Gasteiger partial charge in [0, 0.05) is 18.3 Å². The second-order valence-corrected chi connectivity index (χ2v) is 10.4. The number of Topliss-reactive ketones (excluding diaryl/α,β-unsaturated/α-hetero) is 2. The van der Waals surface area contributed by atoms with Gasteiger partial charge in [0.25, 0.3) is 0 Å². The third-order valence-electron chi connectivity index (χ3n) is 8.23. The molecule has 3 fully saturated rings. The molecule has 4 aliphatic carbocycles. The summed E-state index contributed by atoms with van der Waals surface area (Å²) >= 11 is 1.82. The van der Waals surface area contributed by atoms with Crippen LogP contribution in [0, 0.1) is 28.6 Å². The van der Waals surface area contributed by atoms with Gasteiger partial charge in [0.2, 0.25) is 0 Å². The van der Waals surface area contributed by atoms with E-state index >= 15 is 0 Å². The van der Waals surface area contributed by atoms with Crippen molar-refractivity contribution in [1.82, 2.24) is 0 Å². The zero-order chi connectivity index (χ0) is 17.8. The van der Waals surface area contributed by atoms with E-state index in [1.54, 1.807) is 0 Å². The largest absolute Gasteiger partial charge is 0.299 e. The molecule has 5 atom stereocenters. The first-order valence-electron chi connectivity index (χ1n) is 10.3. The van der Waals surface area contributed by atoms with Crippen molar-refractivity contribution in [2.75, 3.05) is 5.75 Å². The summed E-state index contributed by atoms with van der Waals surface area (Å²) in [4.78, 5) is 26.3. The maximum atomic E-state index is 12.6. The molecule has 4 rings (SSSR count). The Morgan fingerprint density at radius 2 is 1.72 bits per heavy atom. The molecule has 0 amide bonds. The number of ketones is 2. The lowest BCUT2D eigenvalue weighted by atomic mass is 9.47. The molecular formula is C22H32O2S. The molecule has 0 aliphatic heterocycles. The van der Waals surface area contributed by atoms with Crippen molar-refractivity contribution in [1.29, 1.82) is 0 Å². The highest BCUT2D eigenvalue weighted by Gasteiger charge is 2.59. The van der Waals surface area contributed by atoms with E-state index in [0.29, 0.717) is 29.3 Å². The SMILES string of the molecule is CCCSC1=C2CCC3C4CCC(=O)C4(C)CCC3C2(C)CCC1=O. The van der Waals surface area contributed by atoms with Gasteiger partial charge in [0.05, 0.1) is 4.91 Å². The molecule has 138 valence electrons. The summed E-state index contributed by atoms with van der Waals surface area (Å²) < 4.78 is 0. The van der Waals surface area contributed by atoms with Crippen LogP contribution in [0.5, 0.6) is 0 Å². The molecule has 0 radical (unpaired) electrons. The third-order valence-corrected chi connectivity index (χ3v) is 9.61. The van der Waals surface area contributed by atoms with Gasteiger partial charge in [0.1, 0.15) is 5.78 Å². The van der Waals surface area contributed by atoms with E-state index in [9.17, 15) is 9.59 Å². The molecule has 0 aromatic rings. The smallest absolute Gasteiger partial charge is 0.169 e. The summed E-state index contributed by atoms with van der Waals surface area (Å²) in [5, 5.41) is 0. The standard InChI is InChI=1S/C22H32O2S/c1-4-13-25-20-17-6-5-14-15-7-8-19(24)22(15,3)11-9-16(14)21(17,2)12-10-18(20)23/h14-16H,4-13H2,1-3H3. The molecule has 3 saturated carbocycles. The Bertz CT molecular complexity index is 636. The molecule has 0 spiro atoms. The topological polar surface area (TPSA) is 34.1 Å². The number of allylic oxidation sites excluding steroid dienone is 1. The quantitative estimate of drug-likeness (QED) is 0.661. The molecule has 0 aromatic heterocycles. The van der Waals surface area contributed by atoms with Gasteiger partial charge in [-0.25, -0.2) is 0 Å². The van der Waals surface area contributed by atoms with Crippen LogP contribution in [0.4, 0.5) is 0 Å². The summed E-state index contributed by atoms with van der Waals surface area (Å²) in [6.45, 7) is 6.90. The van der Waals surface area contributed by atoms with Crippen LogP contribution in [0.15, 0.2) is 10.5 Å². The zero-order valence-electron chi connectivity index (χ0n) is 16.0. The van der Waals surface area contributed by atoms with Gasteiger partial charge in [0.15, 0.2) is 5.78 Å². The van der Waals surface area contributed by atoms with Crippen molar-refractivity contribution in [3.63, 3.8) is 0 Å². The van der Waals surface area contributed by atoms with Gasteiger partial charge >= 0.3 is 0 Å². The van der Waals surface area contributed by atoms with E-state index in [2.05, 4.69) is 20.8 Å². The first-order chi connectivity index (χ1) is 11.9. The highest BCUT2D eigenvalue weighted by molar-refractivity contribution is 8.04. The summed E-state index contributed by atoms with van der Waals surface area (Å²) in [5.41, 5.74) is 1.67. The maximum Gasteiger partial charge on any atom is 0.169 e. The molecule has 4 aliphatic rings. The summed E-state index contributed by atoms with van der Waals surface area (Å²) in [7, 11) is 0. The summed E-state index contributed by atoms with van der Waals surface area (Å²) in [6, 6.07) is 0. The van der Waals surface area contributed by atoms with Crippen LogP contribution in [0.2, 0.25) is 0 Å². The lowest BCUT2D eigenvalue weighted by Gasteiger charge is -2.57. The molecule has 3 heteroatoms. The Balaban J connectivity index is 1.69. The van der Waals surface area contributed by atoms with Crippen molar-refractivity contribution >= 4 is 23.3 Å². The number of hydrogen-bond donors (Lipinski definition) is 0. The van der Waals surface area contributed by atoms with Crippen LogP contribution in [-0.2, 0) is 9.59 Å². The number of carbonyl (C=O) groups is 2. The lowest BCUT2D eigenvalue weighted by Crippen LogP contribution is -2.51. The fourth-order valence-corrected chi connectivity index (χ4v) is 7.99. The Morgan fingerprint density at radius 1 is 0.960 bits per heavy atom. The van der Waals surface area contributed by atoms with Crippen LogP contribution < -0.4 is 0 Å². The average molecular weight is 361 g/mol. The van der Waals surface area contributed by atoms with Crippen LogP contribution in [0.25, 0.3) is 0 Å². The summed E-state index contributed by atoms with van der Waals surface area (Å²) in [5.74, 6) is 3.97. The highest BCUT2D eigenvalue weighted by Crippen LogP contribution is 2.65. The van der Waals surface area contributed by atoms with Crippen LogP contribution in [0.1, 0.15) is 78.6 Å². The van der Waals surface area contributed by atoms with Crippen LogP contribution in [-0.4, -0.2) is 17.3 Å². The first kappa shape index (κ1) is 17.8. The Hall–Kier alpha value is -0.570. The molecule has 25 heavy (non-hydrogen) atoms. The molecule has 0 heterocycles. The van der Waals surface area contributed by atoms with E-state index < -0.39 is 0 Å². The van der Waals surface area contributed by atoms with Crippen molar-refractivity contribution in [2.45, 2.75) is 78.6 Å². The van der Waals surface area contributed by atoms with Crippen molar-refractivity contribution < 1.29 is 9.59 Å². The van der Waals surface area contributed by atoms with Gasteiger partial charge < -0.3 is 0 Å². The molecular weight excluding hydrogens is 328 g/mol. The van der Waals surface area contributed by atoms with E-state index in [1.807, 2.05) is 11.8 Å². The van der Waals surface area contributed by atoms with Crippen molar-refractivity contribution in [2.24, 2.45) is 28.6 Å². The number of rotatable bonds is 3. The van der Waals surface area contributed by atoms with Gasteiger partial charge in [-0.3, -0.25) is 9.59 Å². The van der Waals surface area contributed by atoms with Gasteiger partial charge in [-0.2, -0.15) is 0 Å². The lowest BCUT2D eigenvalue weighted by molar-refractivity contribution is -0.132. The van der Waals surface area contributed by atoms with Crippen LogP contribution in [0.3, 0.4) is 0 Å². The van der Waals surface area contributed by atoms with E-state index in [-0.39, 0.29) is 10.8 Å². The van der Waals surface area contributed by atoms with E-state index in [1.165, 1.54) is 18.4 Å². The third kappa shape index (κ3) is 2.51. The number of fused-ring (bicyclic) bond motifs is 5. The zero-order valence-corrected chi connectivity index (χ0v) is 16.8. The first-order valence-corrected chi connectivity index (χ1v) is 11.3. The van der Waals surface area contributed by atoms with Gasteiger partial charge in [-0.15, -0.1) is 11.8 Å². The van der Waals surface area contributed by atoms with E-state index in [0.717, 1.165) is 55.6 Å². The average Bonchev–Trinajstić information content (AvgIpc) is 2.90. The van der Waals surface area contributed by atoms with Crippen LogP contribution >= 0.6 is 11.8 Å². The summed E-state index contributed by atoms with van der Waals surface area (Å²) in [6.07, 6.45) is 9.37. The Morgan fingerprint density at radius 3 is 2.48 bits per heavy atom. The van der Waals surface area contributed by atoms with Crippen molar-refractivity contribution in [3.8, 4) is 0 Å². The highest BCUT2D eigenvalue weighted by atomic mass is 32.2. The van der Waals surface area contributed by atoms with Gasteiger partial charge in [-0.05, 0) is 79.4 Å². The minimum absolute atomic E-state index is 0.0387. The number of carbonyl (C=O) groups excluding carboxylic acids is 2. The molecule has 2 nitrogen and oxygen atoms in total. The Labute approximate surface area is 156 Å². The van der Waals surface area contributed by atoms with E-state index in [4.69, 9.17) is 0 Å². The molecule has 0 bridgehead atoms. The second kappa shape index (κ2) is 6.25. The van der Waals surface area contributed by atoms with Gasteiger partial charge in [-0.1, -0.05) is 20.8 Å². The maximum absolute atomic E-state index is 12.6. The predicted molar refractivity (Wildman–Crippen MR) is 103 cm³/mol. The van der Waals surface area contributed by atoms with Crippen molar-refractivity contribution in [3.05, 3.63) is 10.5 Å². The minimum Gasteiger partial charge on any atom is -0.299 e. The minimum atomic E-state index is -0.0387. The molecule has 0 saturated heterocycles.